The standard InChI is InChI=1S/C22H24N4O2S2/c1-14-7-3-4-8-15(14)13-26-12-11-18(25-26)23-22(29)24-20-19(21(27)28-2)16-9-5-6-10-17(16)30-20/h3-4,7-8,11-12H,5-6,9-10,13H2,1-2H3,(H2,23,24,25,29). The number of methoxy groups -OCH3 is 1. The van der Waals surface area contributed by atoms with Gasteiger partial charge >= 0.3 is 5.97 Å². The van der Waals surface area contributed by atoms with Crippen LogP contribution in [0.5, 0.6) is 0 Å². The van der Waals surface area contributed by atoms with Crippen LogP contribution in [0.2, 0.25) is 0 Å². The molecule has 156 valence electrons. The van der Waals surface area contributed by atoms with Gasteiger partial charge in [-0.2, -0.15) is 5.10 Å². The number of benzene rings is 1. The first kappa shape index (κ1) is 20.6. The van der Waals surface area contributed by atoms with Gasteiger partial charge in [0.15, 0.2) is 10.9 Å². The van der Waals surface area contributed by atoms with Crippen LogP contribution in [0.4, 0.5) is 10.8 Å². The molecule has 0 aliphatic heterocycles. The van der Waals surface area contributed by atoms with E-state index < -0.39 is 0 Å². The molecule has 0 radical (unpaired) electrons. The smallest absolute Gasteiger partial charge is 0.341 e. The quantitative estimate of drug-likeness (QED) is 0.440. The summed E-state index contributed by atoms with van der Waals surface area (Å²) >= 11 is 7.07. The topological polar surface area (TPSA) is 68.2 Å². The van der Waals surface area contributed by atoms with Gasteiger partial charge in [-0.15, -0.1) is 11.3 Å². The third-order valence-corrected chi connectivity index (χ3v) is 6.68. The zero-order chi connectivity index (χ0) is 21.1. The number of nitrogens with zero attached hydrogens (tertiary/aromatic N) is 2. The van der Waals surface area contributed by atoms with E-state index >= 15 is 0 Å². The molecule has 0 saturated carbocycles. The Kier molecular flexibility index (Phi) is 6.15. The molecule has 4 rings (SSSR count). The number of hydrogen-bond donors (Lipinski definition) is 2. The molecule has 0 amide bonds. The van der Waals surface area contributed by atoms with E-state index in [0.29, 0.717) is 23.0 Å². The van der Waals surface area contributed by atoms with Gasteiger partial charge in [-0.25, -0.2) is 4.79 Å². The van der Waals surface area contributed by atoms with Crippen LogP contribution in [0.3, 0.4) is 0 Å². The van der Waals surface area contributed by atoms with Crippen LogP contribution in [0.1, 0.15) is 44.8 Å². The number of esters is 1. The van der Waals surface area contributed by atoms with Gasteiger partial charge in [0.05, 0.1) is 19.2 Å². The number of hydrogen-bond acceptors (Lipinski definition) is 5. The van der Waals surface area contributed by atoms with Crippen molar-refractivity contribution in [3.05, 3.63) is 63.7 Å². The molecule has 8 heteroatoms. The number of thiophene rings is 1. The molecule has 3 aromatic rings. The summed E-state index contributed by atoms with van der Waals surface area (Å²) in [4.78, 5) is 13.6. The number of ether oxygens (including phenoxy) is 1. The second-order valence-electron chi connectivity index (χ2n) is 7.31. The van der Waals surface area contributed by atoms with Crippen molar-refractivity contribution < 1.29 is 9.53 Å². The van der Waals surface area contributed by atoms with E-state index in [1.54, 1.807) is 11.3 Å². The molecule has 0 fully saturated rings. The highest BCUT2D eigenvalue weighted by Gasteiger charge is 2.26. The molecule has 0 spiro atoms. The summed E-state index contributed by atoms with van der Waals surface area (Å²) in [6.07, 6.45) is 6.06. The Morgan fingerprint density at radius 3 is 2.83 bits per heavy atom. The maximum absolute atomic E-state index is 12.4. The number of aryl methyl sites for hydroxylation is 2. The maximum atomic E-state index is 12.4. The number of carbonyl (C=O) groups excluding carboxylic acids is 1. The molecule has 30 heavy (non-hydrogen) atoms. The SMILES string of the molecule is COC(=O)c1c(NC(=S)Nc2ccn(Cc3ccccc3C)n2)sc2c1CCCC2. The predicted molar refractivity (Wildman–Crippen MR) is 125 cm³/mol. The van der Waals surface area contributed by atoms with E-state index in [1.807, 2.05) is 29.1 Å². The van der Waals surface area contributed by atoms with Crippen LogP contribution in [0, 0.1) is 6.92 Å². The highest BCUT2D eigenvalue weighted by atomic mass is 32.1. The number of fused-ring (bicyclic) bond motifs is 1. The molecule has 0 unspecified atom stereocenters. The summed E-state index contributed by atoms with van der Waals surface area (Å²) in [6, 6.07) is 10.1. The minimum absolute atomic E-state index is 0.317. The Bertz CT molecular complexity index is 1090. The summed E-state index contributed by atoms with van der Waals surface area (Å²) in [7, 11) is 1.41. The first-order valence-corrected chi connectivity index (χ1v) is 11.2. The third kappa shape index (κ3) is 4.39. The lowest BCUT2D eigenvalue weighted by Crippen LogP contribution is -2.20. The van der Waals surface area contributed by atoms with Crippen molar-refractivity contribution in [2.75, 3.05) is 17.7 Å². The number of rotatable bonds is 5. The van der Waals surface area contributed by atoms with Gasteiger partial charge in [0, 0.05) is 17.1 Å². The van der Waals surface area contributed by atoms with Gasteiger partial charge in [0.2, 0.25) is 0 Å². The van der Waals surface area contributed by atoms with Crippen LogP contribution in [0.15, 0.2) is 36.5 Å². The molecule has 1 aliphatic rings. The van der Waals surface area contributed by atoms with Crippen LogP contribution in [-0.4, -0.2) is 28.0 Å². The number of nitrogens with one attached hydrogen (secondary N) is 2. The molecule has 2 aromatic heterocycles. The first-order valence-electron chi connectivity index (χ1n) is 9.94. The zero-order valence-electron chi connectivity index (χ0n) is 17.0. The molecule has 2 heterocycles. The van der Waals surface area contributed by atoms with Crippen molar-refractivity contribution >= 4 is 45.5 Å². The van der Waals surface area contributed by atoms with Crippen LogP contribution in [0.25, 0.3) is 0 Å². The summed E-state index contributed by atoms with van der Waals surface area (Å²) < 4.78 is 6.89. The predicted octanol–water partition coefficient (Wildman–Crippen LogP) is 4.78. The highest BCUT2D eigenvalue weighted by molar-refractivity contribution is 7.80. The fraction of sp³-hybridized carbons (Fsp3) is 0.318. The van der Waals surface area contributed by atoms with Gasteiger partial charge in [0.1, 0.15) is 5.00 Å². The van der Waals surface area contributed by atoms with E-state index in [4.69, 9.17) is 17.0 Å². The minimum atomic E-state index is -0.317. The maximum Gasteiger partial charge on any atom is 0.341 e. The lowest BCUT2D eigenvalue weighted by Gasteiger charge is -2.12. The van der Waals surface area contributed by atoms with Gasteiger partial charge in [0.25, 0.3) is 0 Å². The Morgan fingerprint density at radius 1 is 1.23 bits per heavy atom. The third-order valence-electron chi connectivity index (χ3n) is 5.26. The average Bonchev–Trinajstić information content (AvgIpc) is 3.32. The molecule has 6 nitrogen and oxygen atoms in total. The van der Waals surface area contributed by atoms with Crippen LogP contribution >= 0.6 is 23.6 Å². The summed E-state index contributed by atoms with van der Waals surface area (Å²) in [5, 5.41) is 12.0. The van der Waals surface area contributed by atoms with E-state index in [0.717, 1.165) is 36.2 Å². The van der Waals surface area contributed by atoms with Crippen molar-refractivity contribution in [3.63, 3.8) is 0 Å². The molecule has 0 saturated heterocycles. The van der Waals surface area contributed by atoms with Gasteiger partial charge in [-0.1, -0.05) is 24.3 Å². The lowest BCUT2D eigenvalue weighted by atomic mass is 9.95. The van der Waals surface area contributed by atoms with Crippen LogP contribution in [-0.2, 0) is 24.1 Å². The van der Waals surface area contributed by atoms with E-state index in [2.05, 4.69) is 34.8 Å². The molecular formula is C22H24N4O2S2. The van der Waals surface area contributed by atoms with Gasteiger partial charge in [-0.3, -0.25) is 4.68 Å². The second kappa shape index (κ2) is 8.97. The number of aromatic nitrogens is 2. The Balaban J connectivity index is 1.46. The summed E-state index contributed by atoms with van der Waals surface area (Å²) in [5.74, 6) is 0.337. The number of thiocarbonyl (C=S) groups is 1. The first-order chi connectivity index (χ1) is 14.5. The second-order valence-corrected chi connectivity index (χ2v) is 8.82. The number of carbonyl (C=O) groups is 1. The fourth-order valence-corrected chi connectivity index (χ4v) is 5.25. The van der Waals surface area contributed by atoms with Crippen molar-refractivity contribution in [2.24, 2.45) is 0 Å². The van der Waals surface area contributed by atoms with Crippen molar-refractivity contribution in [2.45, 2.75) is 39.2 Å². The summed E-state index contributed by atoms with van der Waals surface area (Å²) in [5.41, 5.74) is 4.17. The van der Waals surface area contributed by atoms with Crippen molar-refractivity contribution in [1.82, 2.24) is 9.78 Å². The normalized spacial score (nSPS) is 12.9. The van der Waals surface area contributed by atoms with Crippen LogP contribution < -0.4 is 10.6 Å². The molecule has 1 aliphatic carbocycles. The van der Waals surface area contributed by atoms with E-state index in [9.17, 15) is 4.79 Å². The van der Waals surface area contributed by atoms with E-state index in [-0.39, 0.29) is 5.97 Å². The monoisotopic (exact) mass is 440 g/mol. The number of anilines is 2. The molecule has 0 bridgehead atoms. The molecule has 1 aromatic carbocycles. The molecule has 0 atom stereocenters. The fourth-order valence-electron chi connectivity index (χ4n) is 3.70. The average molecular weight is 441 g/mol. The Hall–Kier alpha value is -2.71. The lowest BCUT2D eigenvalue weighted by molar-refractivity contribution is 0.0601. The minimum Gasteiger partial charge on any atom is -0.465 e. The zero-order valence-corrected chi connectivity index (χ0v) is 18.7. The highest BCUT2D eigenvalue weighted by Crippen LogP contribution is 2.38. The van der Waals surface area contributed by atoms with Crippen molar-refractivity contribution in [3.8, 4) is 0 Å². The summed E-state index contributed by atoms with van der Waals surface area (Å²) in [6.45, 7) is 2.79. The molecule has 2 N–H and O–H groups in total. The van der Waals surface area contributed by atoms with E-state index in [1.165, 1.54) is 23.1 Å². The Morgan fingerprint density at radius 2 is 2.03 bits per heavy atom. The van der Waals surface area contributed by atoms with Crippen molar-refractivity contribution in [1.29, 1.82) is 0 Å². The van der Waals surface area contributed by atoms with Gasteiger partial charge in [-0.05, 0) is 61.5 Å². The molecular weight excluding hydrogens is 416 g/mol. The largest absolute Gasteiger partial charge is 0.465 e. The Labute approximate surface area is 185 Å². The van der Waals surface area contributed by atoms with Gasteiger partial charge < -0.3 is 15.4 Å².